The van der Waals surface area contributed by atoms with E-state index in [1.54, 1.807) is 6.92 Å². The van der Waals surface area contributed by atoms with E-state index in [9.17, 15) is 15.0 Å². The molecular weight excluding hydrogens is 354 g/mol. The van der Waals surface area contributed by atoms with Crippen molar-refractivity contribution in [1.82, 2.24) is 4.90 Å². The molecule has 2 rings (SSSR count). The van der Waals surface area contributed by atoms with Gasteiger partial charge >= 0.3 is 5.97 Å². The number of nitrogens with zero attached hydrogens (tertiary/aromatic N) is 1. The van der Waals surface area contributed by atoms with Gasteiger partial charge in [-0.05, 0) is 50.3 Å². The third kappa shape index (κ3) is 3.88. The van der Waals surface area contributed by atoms with Gasteiger partial charge in [-0.25, -0.2) is 4.79 Å². The van der Waals surface area contributed by atoms with Crippen LogP contribution in [0, 0.1) is 10.8 Å². The molecule has 0 bridgehead atoms. The molecule has 28 heavy (non-hydrogen) atoms. The highest BCUT2D eigenvalue weighted by Crippen LogP contribution is 2.61. The fraction of sp³-hybridized carbons (Fsp3) is 0.783. The van der Waals surface area contributed by atoms with Crippen LogP contribution < -0.4 is 0 Å². The summed E-state index contributed by atoms with van der Waals surface area (Å²) in [6.45, 7) is 16.4. The molecule has 2 aliphatic rings. The molecular formula is C23H39NO4. The van der Waals surface area contributed by atoms with Gasteiger partial charge in [-0.3, -0.25) is 4.90 Å². The molecule has 1 saturated heterocycles. The minimum atomic E-state index is -0.397. The Kier molecular flexibility index (Phi) is 7.03. The molecule has 5 nitrogen and oxygen atoms in total. The molecule has 1 fully saturated rings. The summed E-state index contributed by atoms with van der Waals surface area (Å²) in [5.41, 5.74) is 0.493. The van der Waals surface area contributed by atoms with E-state index in [0.29, 0.717) is 30.6 Å². The zero-order chi connectivity index (χ0) is 21.2. The summed E-state index contributed by atoms with van der Waals surface area (Å²) in [7, 11) is 0. The molecule has 1 heterocycles. The Bertz CT molecular complexity index is 629. The van der Waals surface area contributed by atoms with Crippen molar-refractivity contribution in [3.63, 3.8) is 0 Å². The van der Waals surface area contributed by atoms with E-state index in [-0.39, 0.29) is 29.6 Å². The van der Waals surface area contributed by atoms with Crippen molar-refractivity contribution >= 4 is 5.97 Å². The standard InChI is InChI=1S/C23H39NO4/c1-17(2)20(27)28-15-10-18-19(26)16-21(3,4)23(11-14-25,22(18,5)6)24-12-8-7-9-13-24/h25-26H,1,7-16H2,2-6H3. The third-order valence-corrected chi connectivity index (χ3v) is 7.17. The molecule has 1 aliphatic carbocycles. The Hall–Kier alpha value is -1.33. The van der Waals surface area contributed by atoms with Crippen LogP contribution in [-0.4, -0.2) is 52.9 Å². The van der Waals surface area contributed by atoms with Gasteiger partial charge in [-0.1, -0.05) is 40.7 Å². The quantitative estimate of drug-likeness (QED) is 0.496. The Morgan fingerprint density at radius 1 is 1.18 bits per heavy atom. The fourth-order valence-electron chi connectivity index (χ4n) is 6.02. The molecule has 0 spiro atoms. The molecule has 2 N–H and O–H groups in total. The summed E-state index contributed by atoms with van der Waals surface area (Å²) in [5, 5.41) is 21.0. The maximum absolute atomic E-state index is 11.8. The Labute approximate surface area is 170 Å². The molecule has 0 aromatic carbocycles. The van der Waals surface area contributed by atoms with Gasteiger partial charge in [0, 0.05) is 36.0 Å². The average Bonchev–Trinajstić information content (AvgIpc) is 2.61. The number of aliphatic hydroxyl groups is 2. The van der Waals surface area contributed by atoms with E-state index in [0.717, 1.165) is 18.7 Å². The van der Waals surface area contributed by atoms with Gasteiger partial charge in [-0.2, -0.15) is 0 Å². The van der Waals surface area contributed by atoms with E-state index in [4.69, 9.17) is 4.74 Å². The number of hydrogen-bond donors (Lipinski definition) is 2. The third-order valence-electron chi connectivity index (χ3n) is 7.17. The molecule has 0 aromatic heterocycles. The number of esters is 1. The number of piperidine rings is 1. The highest BCUT2D eigenvalue weighted by molar-refractivity contribution is 5.86. The molecule has 1 unspecified atom stereocenters. The first-order chi connectivity index (χ1) is 13.0. The molecule has 1 aliphatic heterocycles. The molecule has 160 valence electrons. The molecule has 0 aromatic rings. The van der Waals surface area contributed by atoms with E-state index in [2.05, 4.69) is 39.2 Å². The molecule has 5 heteroatoms. The summed E-state index contributed by atoms with van der Waals surface area (Å²) in [6, 6.07) is 0. The number of likely N-dealkylation sites (tertiary alicyclic amines) is 1. The monoisotopic (exact) mass is 393 g/mol. The van der Waals surface area contributed by atoms with Crippen LogP contribution in [0.1, 0.15) is 73.1 Å². The highest BCUT2D eigenvalue weighted by atomic mass is 16.5. The summed E-state index contributed by atoms with van der Waals surface area (Å²) in [4.78, 5) is 14.3. The number of ether oxygens (including phenoxy) is 1. The van der Waals surface area contributed by atoms with Crippen LogP contribution in [-0.2, 0) is 9.53 Å². The average molecular weight is 394 g/mol. The fourth-order valence-corrected chi connectivity index (χ4v) is 6.02. The Morgan fingerprint density at radius 3 is 2.32 bits per heavy atom. The SMILES string of the molecule is C=C(C)C(=O)OCCC1=C(O)CC(C)(C)C(CCO)(N2CCCCC2)C1(C)C. The molecule has 1 atom stereocenters. The van der Waals surface area contributed by atoms with Crippen molar-refractivity contribution in [2.24, 2.45) is 10.8 Å². The Morgan fingerprint density at radius 2 is 1.79 bits per heavy atom. The predicted octanol–water partition coefficient (Wildman–Crippen LogP) is 4.37. The number of carbonyl (C=O) groups excluding carboxylic acids is 1. The van der Waals surface area contributed by atoms with Gasteiger partial charge in [0.1, 0.15) is 0 Å². The number of allylic oxidation sites excluding steroid dienone is 1. The first-order valence-electron chi connectivity index (χ1n) is 10.6. The number of carbonyl (C=O) groups is 1. The summed E-state index contributed by atoms with van der Waals surface area (Å²) in [6.07, 6.45) is 5.31. The van der Waals surface area contributed by atoms with Crippen LogP contribution >= 0.6 is 0 Å². The predicted molar refractivity (Wildman–Crippen MR) is 112 cm³/mol. The van der Waals surface area contributed by atoms with Gasteiger partial charge in [0.2, 0.25) is 0 Å². The summed E-state index contributed by atoms with van der Waals surface area (Å²) < 4.78 is 5.33. The van der Waals surface area contributed by atoms with Crippen molar-refractivity contribution in [2.45, 2.75) is 78.7 Å². The number of rotatable bonds is 7. The van der Waals surface area contributed by atoms with Crippen LogP contribution in [0.15, 0.2) is 23.5 Å². The van der Waals surface area contributed by atoms with Crippen LogP contribution in [0.2, 0.25) is 0 Å². The second-order valence-corrected chi connectivity index (χ2v) is 9.66. The first-order valence-corrected chi connectivity index (χ1v) is 10.6. The maximum atomic E-state index is 11.8. The summed E-state index contributed by atoms with van der Waals surface area (Å²) in [5.74, 6) is 0.0126. The van der Waals surface area contributed by atoms with Crippen molar-refractivity contribution < 1.29 is 19.7 Å². The first kappa shape index (κ1) is 23.0. The summed E-state index contributed by atoms with van der Waals surface area (Å²) >= 11 is 0. The number of aliphatic hydroxyl groups excluding tert-OH is 2. The van der Waals surface area contributed by atoms with Gasteiger partial charge in [0.05, 0.1) is 12.4 Å². The smallest absolute Gasteiger partial charge is 0.333 e. The number of hydrogen-bond acceptors (Lipinski definition) is 5. The lowest BCUT2D eigenvalue weighted by molar-refractivity contribution is -0.140. The van der Waals surface area contributed by atoms with E-state index < -0.39 is 5.97 Å². The molecule has 0 amide bonds. The maximum Gasteiger partial charge on any atom is 0.333 e. The van der Waals surface area contributed by atoms with Crippen molar-refractivity contribution in [3.8, 4) is 0 Å². The van der Waals surface area contributed by atoms with Gasteiger partial charge in [-0.15, -0.1) is 0 Å². The Balaban J connectivity index is 2.41. The minimum Gasteiger partial charge on any atom is -0.512 e. The van der Waals surface area contributed by atoms with Crippen LogP contribution in [0.25, 0.3) is 0 Å². The molecule has 0 radical (unpaired) electrons. The van der Waals surface area contributed by atoms with E-state index >= 15 is 0 Å². The van der Waals surface area contributed by atoms with Crippen LogP contribution in [0.4, 0.5) is 0 Å². The lowest BCUT2D eigenvalue weighted by atomic mass is 9.49. The normalized spacial score (nSPS) is 27.5. The van der Waals surface area contributed by atoms with E-state index in [1.165, 1.54) is 19.3 Å². The van der Waals surface area contributed by atoms with Crippen LogP contribution in [0.5, 0.6) is 0 Å². The van der Waals surface area contributed by atoms with Gasteiger partial charge < -0.3 is 14.9 Å². The zero-order valence-corrected chi connectivity index (χ0v) is 18.4. The zero-order valence-electron chi connectivity index (χ0n) is 18.4. The topological polar surface area (TPSA) is 70.0 Å². The largest absolute Gasteiger partial charge is 0.512 e. The highest BCUT2D eigenvalue weighted by Gasteiger charge is 2.61. The second-order valence-electron chi connectivity index (χ2n) is 9.66. The minimum absolute atomic E-state index is 0.113. The van der Waals surface area contributed by atoms with Crippen molar-refractivity contribution in [1.29, 1.82) is 0 Å². The van der Waals surface area contributed by atoms with Gasteiger partial charge in [0.25, 0.3) is 0 Å². The lowest BCUT2D eigenvalue weighted by Crippen LogP contribution is -2.69. The lowest BCUT2D eigenvalue weighted by Gasteiger charge is -2.65. The second kappa shape index (κ2) is 8.58. The van der Waals surface area contributed by atoms with Crippen LogP contribution in [0.3, 0.4) is 0 Å². The van der Waals surface area contributed by atoms with Gasteiger partial charge in [0.15, 0.2) is 0 Å². The van der Waals surface area contributed by atoms with Crippen molar-refractivity contribution in [3.05, 3.63) is 23.5 Å². The van der Waals surface area contributed by atoms with E-state index in [1.807, 2.05) is 0 Å². The van der Waals surface area contributed by atoms with Crippen molar-refractivity contribution in [2.75, 3.05) is 26.3 Å². The molecule has 0 saturated carbocycles.